The second-order valence-corrected chi connectivity index (χ2v) is 8.68. The van der Waals surface area contributed by atoms with Gasteiger partial charge in [-0.3, -0.25) is 19.5 Å². The molecule has 0 saturated carbocycles. The van der Waals surface area contributed by atoms with E-state index in [9.17, 15) is 9.59 Å². The third-order valence-corrected chi connectivity index (χ3v) is 6.54. The summed E-state index contributed by atoms with van der Waals surface area (Å²) in [5, 5.41) is 6.10. The van der Waals surface area contributed by atoms with Crippen molar-refractivity contribution in [3.63, 3.8) is 0 Å². The van der Waals surface area contributed by atoms with Gasteiger partial charge in [0.25, 0.3) is 11.8 Å². The monoisotopic (exact) mass is 456 g/mol. The zero-order valence-electron chi connectivity index (χ0n) is 19.2. The molecule has 2 N–H and O–H groups in total. The summed E-state index contributed by atoms with van der Waals surface area (Å²) in [7, 11) is 0. The van der Waals surface area contributed by atoms with Gasteiger partial charge < -0.3 is 15.4 Å². The van der Waals surface area contributed by atoms with Crippen molar-refractivity contribution in [1.82, 2.24) is 20.5 Å². The molecule has 3 aromatic rings. The van der Waals surface area contributed by atoms with Crippen LogP contribution in [-0.2, 0) is 13.2 Å². The molecule has 1 atom stereocenters. The Hall–Kier alpha value is -3.71. The number of rotatable bonds is 6. The molecule has 0 spiro atoms. The third kappa shape index (κ3) is 4.52. The van der Waals surface area contributed by atoms with Crippen molar-refractivity contribution in [2.45, 2.75) is 39.1 Å². The summed E-state index contributed by atoms with van der Waals surface area (Å²) in [5.41, 5.74) is 5.07. The maximum atomic E-state index is 12.8. The van der Waals surface area contributed by atoms with Gasteiger partial charge in [0.2, 0.25) is 0 Å². The minimum Gasteiger partial charge on any atom is -0.487 e. The number of aromatic nitrogens is 1. The molecular formula is C27H28N4O3. The molecule has 3 heterocycles. The van der Waals surface area contributed by atoms with Crippen LogP contribution in [0.3, 0.4) is 0 Å². The second-order valence-electron chi connectivity index (χ2n) is 8.68. The predicted octanol–water partition coefficient (Wildman–Crippen LogP) is 3.74. The van der Waals surface area contributed by atoms with Crippen molar-refractivity contribution in [2.24, 2.45) is 0 Å². The highest BCUT2D eigenvalue weighted by atomic mass is 16.5. The first-order valence-electron chi connectivity index (χ1n) is 11.7. The van der Waals surface area contributed by atoms with Gasteiger partial charge in [-0.1, -0.05) is 25.1 Å². The summed E-state index contributed by atoms with van der Waals surface area (Å²) in [5.74, 6) is 0.512. The van der Waals surface area contributed by atoms with Crippen LogP contribution in [0.5, 0.6) is 5.75 Å². The Morgan fingerprint density at radius 3 is 2.85 bits per heavy atom. The number of fused-ring (bicyclic) bond motifs is 3. The highest BCUT2D eigenvalue weighted by Gasteiger charge is 2.25. The molecule has 174 valence electrons. The largest absolute Gasteiger partial charge is 0.487 e. The Kier molecular flexibility index (Phi) is 6.27. The van der Waals surface area contributed by atoms with Crippen LogP contribution in [0, 0.1) is 0 Å². The first-order valence-corrected chi connectivity index (χ1v) is 11.7. The van der Waals surface area contributed by atoms with E-state index in [0.717, 1.165) is 53.9 Å². The fourth-order valence-corrected chi connectivity index (χ4v) is 4.70. The number of nitrogens with zero attached hydrogens (tertiary/aromatic N) is 2. The minimum atomic E-state index is -0.164. The Morgan fingerprint density at radius 2 is 1.97 bits per heavy atom. The van der Waals surface area contributed by atoms with Crippen LogP contribution in [0.25, 0.3) is 11.1 Å². The Labute approximate surface area is 199 Å². The molecule has 0 bridgehead atoms. The van der Waals surface area contributed by atoms with Crippen LogP contribution >= 0.6 is 0 Å². The van der Waals surface area contributed by atoms with Crippen LogP contribution in [0.2, 0.25) is 0 Å². The van der Waals surface area contributed by atoms with E-state index in [0.29, 0.717) is 24.3 Å². The van der Waals surface area contributed by atoms with E-state index in [1.54, 1.807) is 12.4 Å². The number of nitrogens with one attached hydrogen (secondary N) is 2. The van der Waals surface area contributed by atoms with Gasteiger partial charge in [0.1, 0.15) is 12.4 Å². The highest BCUT2D eigenvalue weighted by molar-refractivity contribution is 5.96. The maximum absolute atomic E-state index is 12.8. The lowest BCUT2D eigenvalue weighted by atomic mass is 9.96. The summed E-state index contributed by atoms with van der Waals surface area (Å²) in [6, 6.07) is 15.0. The van der Waals surface area contributed by atoms with E-state index in [2.05, 4.69) is 27.4 Å². The Balaban J connectivity index is 1.23. The fourth-order valence-electron chi connectivity index (χ4n) is 4.70. The van der Waals surface area contributed by atoms with Crippen LogP contribution in [0.4, 0.5) is 0 Å². The lowest BCUT2D eigenvalue weighted by Crippen LogP contribution is -2.44. The summed E-state index contributed by atoms with van der Waals surface area (Å²) in [6.45, 7) is 4.80. The van der Waals surface area contributed by atoms with Crippen molar-refractivity contribution in [2.75, 3.05) is 13.1 Å². The van der Waals surface area contributed by atoms with Crippen LogP contribution in [-0.4, -0.2) is 41.0 Å². The molecule has 0 unspecified atom stereocenters. The predicted molar refractivity (Wildman–Crippen MR) is 129 cm³/mol. The first kappa shape index (κ1) is 22.1. The summed E-state index contributed by atoms with van der Waals surface area (Å²) in [6.07, 6.45) is 5.62. The smallest absolute Gasteiger partial charge is 0.252 e. The molecule has 7 heteroatoms. The van der Waals surface area contributed by atoms with Crippen molar-refractivity contribution >= 4 is 11.8 Å². The van der Waals surface area contributed by atoms with E-state index < -0.39 is 0 Å². The molecule has 2 aliphatic heterocycles. The number of hydrogen-bond donors (Lipinski definition) is 2. The van der Waals surface area contributed by atoms with Crippen LogP contribution in [0.1, 0.15) is 51.6 Å². The number of benzene rings is 2. The van der Waals surface area contributed by atoms with E-state index in [4.69, 9.17) is 4.74 Å². The van der Waals surface area contributed by atoms with Crippen molar-refractivity contribution in [3.05, 3.63) is 83.2 Å². The molecule has 7 nitrogen and oxygen atoms in total. The second kappa shape index (κ2) is 9.65. The third-order valence-electron chi connectivity index (χ3n) is 6.54. The Morgan fingerprint density at radius 1 is 1.09 bits per heavy atom. The topological polar surface area (TPSA) is 83.6 Å². The number of pyridine rings is 1. The minimum absolute atomic E-state index is 0.0799. The molecular weight excluding hydrogens is 428 g/mol. The molecule has 0 radical (unpaired) electrons. The van der Waals surface area contributed by atoms with Gasteiger partial charge in [-0.05, 0) is 66.4 Å². The van der Waals surface area contributed by atoms with Gasteiger partial charge in [-0.2, -0.15) is 0 Å². The lowest BCUT2D eigenvalue weighted by molar-refractivity contribution is 0.0889. The van der Waals surface area contributed by atoms with E-state index in [1.165, 1.54) is 0 Å². The molecule has 5 rings (SSSR count). The molecule has 0 aliphatic carbocycles. The van der Waals surface area contributed by atoms with E-state index in [-0.39, 0.29) is 18.0 Å². The molecule has 34 heavy (non-hydrogen) atoms. The molecule has 1 saturated heterocycles. The molecule has 1 fully saturated rings. The molecule has 2 aromatic carbocycles. The SMILES string of the molecule is CCN1CCC[C@H]1NC(=O)c1cccc(CNC(=O)c2ccc3c(c2)COc2cnccc2-3)c1. The molecule has 2 amide bonds. The van der Waals surface area contributed by atoms with Crippen molar-refractivity contribution in [3.8, 4) is 16.9 Å². The van der Waals surface area contributed by atoms with E-state index in [1.807, 2.05) is 48.5 Å². The van der Waals surface area contributed by atoms with Crippen molar-refractivity contribution < 1.29 is 14.3 Å². The van der Waals surface area contributed by atoms with E-state index >= 15 is 0 Å². The van der Waals surface area contributed by atoms with Gasteiger partial charge in [0.05, 0.1) is 12.4 Å². The number of carbonyl (C=O) groups excluding carboxylic acids is 2. The first-order chi connectivity index (χ1) is 16.6. The van der Waals surface area contributed by atoms with Gasteiger partial charge in [-0.25, -0.2) is 0 Å². The normalized spacial score (nSPS) is 16.8. The number of ether oxygens (including phenoxy) is 1. The average molecular weight is 457 g/mol. The molecule has 1 aromatic heterocycles. The zero-order chi connectivity index (χ0) is 23.5. The fraction of sp³-hybridized carbons (Fsp3) is 0.296. The number of likely N-dealkylation sites (tertiary alicyclic amines) is 1. The average Bonchev–Trinajstić information content (AvgIpc) is 3.34. The van der Waals surface area contributed by atoms with Crippen molar-refractivity contribution in [1.29, 1.82) is 0 Å². The van der Waals surface area contributed by atoms with Gasteiger partial charge in [0.15, 0.2) is 0 Å². The zero-order valence-corrected chi connectivity index (χ0v) is 19.2. The quantitative estimate of drug-likeness (QED) is 0.590. The lowest BCUT2D eigenvalue weighted by Gasteiger charge is -2.23. The number of carbonyl (C=O) groups is 2. The van der Waals surface area contributed by atoms with Crippen LogP contribution < -0.4 is 15.4 Å². The summed E-state index contributed by atoms with van der Waals surface area (Å²) >= 11 is 0. The highest BCUT2D eigenvalue weighted by Crippen LogP contribution is 2.36. The van der Waals surface area contributed by atoms with Gasteiger partial charge in [-0.15, -0.1) is 0 Å². The molecule has 2 aliphatic rings. The number of amides is 2. The number of hydrogen-bond acceptors (Lipinski definition) is 5. The Bertz CT molecular complexity index is 1230. The van der Waals surface area contributed by atoms with Gasteiger partial charge in [0, 0.05) is 36.0 Å². The summed E-state index contributed by atoms with van der Waals surface area (Å²) in [4.78, 5) is 32.0. The maximum Gasteiger partial charge on any atom is 0.252 e. The standard InChI is InChI=1S/C27H28N4O3/c1-2-31-12-4-7-25(31)30-27(33)19-6-3-5-18(13-19)15-29-26(32)20-8-9-22-21(14-20)17-34-24-16-28-11-10-23(22)24/h3,5-6,8-11,13-14,16,25H,2,4,7,12,15,17H2,1H3,(H,29,32)(H,30,33)/t25-/m0/s1. The van der Waals surface area contributed by atoms with Crippen LogP contribution in [0.15, 0.2) is 60.9 Å². The summed E-state index contributed by atoms with van der Waals surface area (Å²) < 4.78 is 5.78. The van der Waals surface area contributed by atoms with Gasteiger partial charge >= 0.3 is 0 Å².